The molecule has 0 aromatic heterocycles. The predicted octanol–water partition coefficient (Wildman–Crippen LogP) is 3.27. The van der Waals surface area contributed by atoms with E-state index in [4.69, 9.17) is 4.74 Å². The van der Waals surface area contributed by atoms with Crippen LogP contribution in [-0.4, -0.2) is 49.8 Å². The fourth-order valence-corrected chi connectivity index (χ4v) is 3.41. The van der Waals surface area contributed by atoms with Crippen LogP contribution in [-0.2, 0) is 4.74 Å². The predicted molar refractivity (Wildman–Crippen MR) is 77.9 cm³/mol. The molecule has 0 N–H and O–H groups in total. The lowest BCUT2D eigenvalue weighted by Crippen LogP contribution is -2.33. The second kappa shape index (κ2) is 10.2. The zero-order chi connectivity index (χ0) is 12.3. The Morgan fingerprint density at radius 2 is 1.94 bits per heavy atom. The van der Waals surface area contributed by atoms with Crippen molar-refractivity contribution in [2.24, 2.45) is 5.92 Å². The Morgan fingerprint density at radius 3 is 2.59 bits per heavy atom. The summed E-state index contributed by atoms with van der Waals surface area (Å²) in [5, 5.41) is 0. The Morgan fingerprint density at radius 1 is 1.18 bits per heavy atom. The van der Waals surface area contributed by atoms with Crippen molar-refractivity contribution in [3.63, 3.8) is 0 Å². The number of nitrogens with zero attached hydrogens (tertiary/aromatic N) is 1. The van der Waals surface area contributed by atoms with Gasteiger partial charge in [-0.3, -0.25) is 0 Å². The molecule has 1 fully saturated rings. The minimum Gasteiger partial charge on any atom is -0.385 e. The van der Waals surface area contributed by atoms with E-state index in [0.29, 0.717) is 0 Å². The first-order valence-electron chi connectivity index (χ1n) is 7.15. The molecule has 0 spiro atoms. The van der Waals surface area contributed by atoms with Crippen LogP contribution < -0.4 is 0 Å². The van der Waals surface area contributed by atoms with Gasteiger partial charge in [0.1, 0.15) is 0 Å². The summed E-state index contributed by atoms with van der Waals surface area (Å²) in [5.74, 6) is 3.56. The first-order chi connectivity index (χ1) is 8.36. The summed E-state index contributed by atoms with van der Waals surface area (Å²) in [6.45, 7) is 7.18. The summed E-state index contributed by atoms with van der Waals surface area (Å²) in [4.78, 5) is 2.63. The van der Waals surface area contributed by atoms with Gasteiger partial charge < -0.3 is 9.64 Å². The van der Waals surface area contributed by atoms with Gasteiger partial charge >= 0.3 is 0 Å². The number of rotatable bonds is 9. The molecule has 0 amide bonds. The third kappa shape index (κ3) is 7.32. The summed E-state index contributed by atoms with van der Waals surface area (Å²) in [6, 6.07) is 0. The second-order valence-corrected chi connectivity index (χ2v) is 6.23. The van der Waals surface area contributed by atoms with Gasteiger partial charge in [-0.2, -0.15) is 11.8 Å². The third-order valence-corrected chi connectivity index (χ3v) is 4.69. The molecule has 102 valence electrons. The molecule has 17 heavy (non-hydrogen) atoms. The summed E-state index contributed by atoms with van der Waals surface area (Å²) >= 11 is 2.10. The molecule has 0 aromatic rings. The molecule has 1 heterocycles. The Bertz CT molecular complexity index is 172. The highest BCUT2D eigenvalue weighted by Gasteiger charge is 2.10. The van der Waals surface area contributed by atoms with Crippen LogP contribution in [0.25, 0.3) is 0 Å². The van der Waals surface area contributed by atoms with Crippen LogP contribution in [0.3, 0.4) is 0 Å². The molecule has 1 saturated heterocycles. The maximum absolute atomic E-state index is 5.17. The molecule has 0 aromatic carbocycles. The summed E-state index contributed by atoms with van der Waals surface area (Å²) < 4.78 is 5.17. The van der Waals surface area contributed by atoms with Gasteiger partial charge in [-0.05, 0) is 25.3 Å². The monoisotopic (exact) mass is 259 g/mol. The molecule has 2 nitrogen and oxygen atoms in total. The smallest absolute Gasteiger partial charge is 0.0464 e. The Hall–Kier alpha value is 0.270. The van der Waals surface area contributed by atoms with E-state index in [0.717, 1.165) is 12.5 Å². The van der Waals surface area contributed by atoms with Gasteiger partial charge in [-0.1, -0.05) is 26.2 Å². The number of hydrogen-bond acceptors (Lipinski definition) is 3. The van der Waals surface area contributed by atoms with Gasteiger partial charge in [0.2, 0.25) is 0 Å². The lowest BCUT2D eigenvalue weighted by molar-refractivity contribution is 0.172. The molecule has 0 unspecified atom stereocenters. The van der Waals surface area contributed by atoms with Crippen molar-refractivity contribution in [2.45, 2.75) is 39.0 Å². The minimum atomic E-state index is 0.881. The average Bonchev–Trinajstić information content (AvgIpc) is 2.39. The molecule has 3 heteroatoms. The van der Waals surface area contributed by atoms with Crippen LogP contribution in [0.15, 0.2) is 0 Å². The van der Waals surface area contributed by atoms with E-state index in [1.54, 1.807) is 7.11 Å². The molecular formula is C14H29NOS. The quantitative estimate of drug-likeness (QED) is 0.590. The fourth-order valence-electron chi connectivity index (χ4n) is 2.43. The second-order valence-electron chi connectivity index (χ2n) is 5.01. The van der Waals surface area contributed by atoms with E-state index in [1.807, 2.05) is 0 Å². The topological polar surface area (TPSA) is 12.5 Å². The SMILES string of the molecule is CC[C@@H](CCCCN1CCSCC1)CCOC. The Kier molecular flexibility index (Phi) is 9.21. The molecule has 0 bridgehead atoms. The lowest BCUT2D eigenvalue weighted by atomic mass is 9.96. The van der Waals surface area contributed by atoms with E-state index in [9.17, 15) is 0 Å². The molecule has 1 aliphatic heterocycles. The van der Waals surface area contributed by atoms with E-state index >= 15 is 0 Å². The summed E-state index contributed by atoms with van der Waals surface area (Å²) in [6.07, 6.45) is 6.72. The lowest BCUT2D eigenvalue weighted by Gasteiger charge is -2.26. The van der Waals surface area contributed by atoms with Crippen molar-refractivity contribution in [1.29, 1.82) is 0 Å². The normalized spacial score (nSPS) is 19.4. The van der Waals surface area contributed by atoms with Gasteiger partial charge in [0, 0.05) is 38.3 Å². The molecule has 1 atom stereocenters. The van der Waals surface area contributed by atoms with Crippen molar-refractivity contribution in [1.82, 2.24) is 4.90 Å². The number of ether oxygens (including phenoxy) is 1. The molecule has 0 aliphatic carbocycles. The van der Waals surface area contributed by atoms with E-state index in [-0.39, 0.29) is 0 Å². The maximum Gasteiger partial charge on any atom is 0.0464 e. The highest BCUT2D eigenvalue weighted by atomic mass is 32.2. The van der Waals surface area contributed by atoms with Crippen molar-refractivity contribution in [3.8, 4) is 0 Å². The number of unbranched alkanes of at least 4 members (excludes halogenated alkanes) is 1. The first kappa shape index (κ1) is 15.3. The van der Waals surface area contributed by atoms with Crippen LogP contribution in [0.1, 0.15) is 39.0 Å². The molecule has 0 saturated carbocycles. The Labute approximate surface area is 111 Å². The van der Waals surface area contributed by atoms with Crippen molar-refractivity contribution < 1.29 is 4.74 Å². The van der Waals surface area contributed by atoms with E-state index in [2.05, 4.69) is 23.6 Å². The van der Waals surface area contributed by atoms with Gasteiger partial charge in [-0.15, -0.1) is 0 Å². The number of thioether (sulfide) groups is 1. The average molecular weight is 259 g/mol. The van der Waals surface area contributed by atoms with Crippen molar-refractivity contribution >= 4 is 11.8 Å². The molecule has 0 radical (unpaired) electrons. The molecule has 1 aliphatic rings. The highest BCUT2D eigenvalue weighted by molar-refractivity contribution is 7.99. The number of hydrogen-bond donors (Lipinski definition) is 0. The fraction of sp³-hybridized carbons (Fsp3) is 1.00. The summed E-state index contributed by atoms with van der Waals surface area (Å²) in [5.41, 5.74) is 0. The third-order valence-electron chi connectivity index (χ3n) is 3.75. The Balaban J connectivity index is 1.97. The largest absolute Gasteiger partial charge is 0.385 e. The van der Waals surface area contributed by atoms with Crippen LogP contribution in [0, 0.1) is 5.92 Å². The van der Waals surface area contributed by atoms with Crippen LogP contribution in [0.5, 0.6) is 0 Å². The van der Waals surface area contributed by atoms with Gasteiger partial charge in [0.25, 0.3) is 0 Å². The van der Waals surface area contributed by atoms with Gasteiger partial charge in [0.05, 0.1) is 0 Å². The van der Waals surface area contributed by atoms with Crippen LogP contribution >= 0.6 is 11.8 Å². The summed E-state index contributed by atoms with van der Waals surface area (Å²) in [7, 11) is 1.81. The first-order valence-corrected chi connectivity index (χ1v) is 8.31. The van der Waals surface area contributed by atoms with E-state index < -0.39 is 0 Å². The minimum absolute atomic E-state index is 0.881. The van der Waals surface area contributed by atoms with Crippen molar-refractivity contribution in [3.05, 3.63) is 0 Å². The zero-order valence-electron chi connectivity index (χ0n) is 11.6. The molecule has 1 rings (SSSR count). The van der Waals surface area contributed by atoms with Crippen LogP contribution in [0.4, 0.5) is 0 Å². The van der Waals surface area contributed by atoms with Crippen LogP contribution in [0.2, 0.25) is 0 Å². The maximum atomic E-state index is 5.17. The number of methoxy groups -OCH3 is 1. The zero-order valence-corrected chi connectivity index (χ0v) is 12.4. The van der Waals surface area contributed by atoms with E-state index in [1.165, 1.54) is 63.2 Å². The molecular weight excluding hydrogens is 230 g/mol. The highest BCUT2D eigenvalue weighted by Crippen LogP contribution is 2.17. The van der Waals surface area contributed by atoms with Gasteiger partial charge in [0.15, 0.2) is 0 Å². The standard InChI is InChI=1S/C14H29NOS/c1-3-14(7-11-16-2)6-4-5-8-15-9-12-17-13-10-15/h14H,3-13H2,1-2H3/t14-/m0/s1. The van der Waals surface area contributed by atoms with Crippen molar-refractivity contribution in [2.75, 3.05) is 44.9 Å². The van der Waals surface area contributed by atoms with Gasteiger partial charge in [-0.25, -0.2) is 0 Å².